The van der Waals surface area contributed by atoms with Crippen LogP contribution in [0.5, 0.6) is 5.75 Å². The molecule has 0 atom stereocenters. The predicted octanol–water partition coefficient (Wildman–Crippen LogP) is 2.01. The molecule has 1 aromatic carbocycles. The maximum absolute atomic E-state index is 12.0. The van der Waals surface area contributed by atoms with Gasteiger partial charge in [0.15, 0.2) is 0 Å². The third-order valence-corrected chi connectivity index (χ3v) is 2.97. The first-order chi connectivity index (χ1) is 9.26. The van der Waals surface area contributed by atoms with Crippen molar-refractivity contribution in [2.45, 2.75) is 39.2 Å². The van der Waals surface area contributed by atoms with Gasteiger partial charge in [0.2, 0.25) is 5.91 Å². The molecule has 0 spiro atoms. The third-order valence-electron chi connectivity index (χ3n) is 2.97. The Labute approximate surface area is 118 Å². The molecule has 1 amide bonds. The van der Waals surface area contributed by atoms with Crippen molar-refractivity contribution in [3.63, 3.8) is 0 Å². The largest absolute Gasteiger partial charge is 0.508 e. The van der Waals surface area contributed by atoms with E-state index in [2.05, 4.69) is 0 Å². The molecule has 0 radical (unpaired) electrons. The van der Waals surface area contributed by atoms with Gasteiger partial charge in [-0.25, -0.2) is 0 Å². The van der Waals surface area contributed by atoms with Gasteiger partial charge in [0.05, 0.1) is 0 Å². The fourth-order valence-electron chi connectivity index (χ4n) is 2.22. The van der Waals surface area contributed by atoms with Crippen LogP contribution in [0.3, 0.4) is 0 Å². The number of anilines is 1. The second-order valence-corrected chi connectivity index (χ2v) is 5.88. The molecule has 0 unspecified atom stereocenters. The summed E-state index contributed by atoms with van der Waals surface area (Å²) in [6.45, 7) is 5.26. The number of hydrogen-bond donors (Lipinski definition) is 1. The van der Waals surface area contributed by atoms with Crippen LogP contribution in [0.1, 0.15) is 32.8 Å². The Kier molecular flexibility index (Phi) is 3.70. The van der Waals surface area contributed by atoms with Gasteiger partial charge in [-0.1, -0.05) is 0 Å². The van der Waals surface area contributed by atoms with Crippen molar-refractivity contribution < 1.29 is 19.4 Å². The molecule has 0 saturated heterocycles. The number of aromatic hydroxyl groups is 1. The van der Waals surface area contributed by atoms with Crippen molar-refractivity contribution in [2.75, 3.05) is 11.4 Å². The average molecular weight is 277 g/mol. The number of benzene rings is 1. The van der Waals surface area contributed by atoms with Gasteiger partial charge in [0.1, 0.15) is 17.9 Å². The van der Waals surface area contributed by atoms with Crippen LogP contribution in [0, 0.1) is 0 Å². The SMILES string of the molecule is CC(C)(C)OC(=O)CN1C(=O)CCc2cc(O)ccc21. The van der Waals surface area contributed by atoms with Gasteiger partial charge in [0, 0.05) is 12.1 Å². The van der Waals surface area contributed by atoms with E-state index in [9.17, 15) is 14.7 Å². The molecule has 1 aliphatic heterocycles. The van der Waals surface area contributed by atoms with E-state index in [1.165, 1.54) is 11.0 Å². The van der Waals surface area contributed by atoms with Gasteiger partial charge < -0.3 is 14.7 Å². The summed E-state index contributed by atoms with van der Waals surface area (Å²) >= 11 is 0. The van der Waals surface area contributed by atoms with Crippen LogP contribution in [0.15, 0.2) is 18.2 Å². The summed E-state index contributed by atoms with van der Waals surface area (Å²) in [5.41, 5.74) is 0.964. The molecule has 0 aromatic heterocycles. The fourth-order valence-corrected chi connectivity index (χ4v) is 2.22. The predicted molar refractivity (Wildman–Crippen MR) is 74.6 cm³/mol. The topological polar surface area (TPSA) is 66.8 Å². The lowest BCUT2D eigenvalue weighted by atomic mass is 10.0. The number of rotatable bonds is 2. The zero-order valence-electron chi connectivity index (χ0n) is 12.0. The highest BCUT2D eigenvalue weighted by Gasteiger charge is 2.28. The highest BCUT2D eigenvalue weighted by atomic mass is 16.6. The molecule has 1 aromatic rings. The number of ether oxygens (including phenoxy) is 1. The van der Waals surface area contributed by atoms with Crippen LogP contribution >= 0.6 is 0 Å². The minimum absolute atomic E-state index is 0.103. The van der Waals surface area contributed by atoms with E-state index in [1.807, 2.05) is 0 Å². The molecular formula is C15H19NO4. The van der Waals surface area contributed by atoms with Gasteiger partial charge in [-0.3, -0.25) is 9.59 Å². The minimum atomic E-state index is -0.576. The Morgan fingerprint density at radius 1 is 1.35 bits per heavy atom. The molecule has 0 aliphatic carbocycles. The van der Waals surface area contributed by atoms with Crippen molar-refractivity contribution in [2.24, 2.45) is 0 Å². The van der Waals surface area contributed by atoms with Gasteiger partial charge >= 0.3 is 5.97 Å². The lowest BCUT2D eigenvalue weighted by Gasteiger charge is -2.30. The first-order valence-corrected chi connectivity index (χ1v) is 6.60. The summed E-state index contributed by atoms with van der Waals surface area (Å²) in [6, 6.07) is 4.80. The molecule has 0 saturated carbocycles. The van der Waals surface area contributed by atoms with E-state index < -0.39 is 11.6 Å². The number of nitrogens with zero attached hydrogens (tertiary/aromatic N) is 1. The first kappa shape index (κ1) is 14.4. The lowest BCUT2D eigenvalue weighted by molar-refractivity contribution is -0.153. The molecule has 2 rings (SSSR count). The molecule has 5 heteroatoms. The van der Waals surface area contributed by atoms with Gasteiger partial charge in [-0.05, 0) is 51.0 Å². The molecule has 1 N–H and O–H groups in total. The van der Waals surface area contributed by atoms with Crippen LogP contribution in [0.2, 0.25) is 0 Å². The van der Waals surface area contributed by atoms with E-state index in [0.717, 1.165) is 5.56 Å². The van der Waals surface area contributed by atoms with Crippen LogP contribution in [-0.2, 0) is 20.7 Å². The number of phenols is 1. The van der Waals surface area contributed by atoms with Gasteiger partial charge in [-0.15, -0.1) is 0 Å². The number of carbonyl (C=O) groups excluding carboxylic acids is 2. The van der Waals surface area contributed by atoms with Crippen molar-refractivity contribution in [1.29, 1.82) is 0 Å². The standard InChI is InChI=1S/C15H19NO4/c1-15(2,3)20-14(19)9-16-12-6-5-11(17)8-10(12)4-7-13(16)18/h5-6,8,17H,4,7,9H2,1-3H3. The highest BCUT2D eigenvalue weighted by Crippen LogP contribution is 2.30. The molecule has 108 valence electrons. The van der Waals surface area contributed by atoms with Crippen LogP contribution < -0.4 is 4.90 Å². The maximum atomic E-state index is 12.0. The smallest absolute Gasteiger partial charge is 0.326 e. The van der Waals surface area contributed by atoms with E-state index >= 15 is 0 Å². The Morgan fingerprint density at radius 2 is 2.05 bits per heavy atom. The third kappa shape index (κ3) is 3.29. The average Bonchev–Trinajstić information content (AvgIpc) is 2.30. The molecular weight excluding hydrogens is 258 g/mol. The summed E-state index contributed by atoms with van der Waals surface area (Å²) < 4.78 is 5.25. The molecule has 1 aliphatic rings. The summed E-state index contributed by atoms with van der Waals surface area (Å²) in [5, 5.41) is 9.48. The number of amides is 1. The zero-order chi connectivity index (χ0) is 14.9. The van der Waals surface area contributed by atoms with Crippen LogP contribution in [0.4, 0.5) is 5.69 Å². The Hall–Kier alpha value is -2.04. The van der Waals surface area contributed by atoms with Crippen molar-refractivity contribution >= 4 is 17.6 Å². The van der Waals surface area contributed by atoms with Crippen LogP contribution in [0.25, 0.3) is 0 Å². The molecule has 0 fully saturated rings. The second kappa shape index (κ2) is 5.15. The maximum Gasteiger partial charge on any atom is 0.326 e. The molecule has 20 heavy (non-hydrogen) atoms. The molecule has 5 nitrogen and oxygen atoms in total. The monoisotopic (exact) mass is 277 g/mol. The second-order valence-electron chi connectivity index (χ2n) is 5.88. The molecule has 1 heterocycles. The van der Waals surface area contributed by atoms with Crippen molar-refractivity contribution in [1.82, 2.24) is 0 Å². The zero-order valence-corrected chi connectivity index (χ0v) is 12.0. The number of aryl methyl sites for hydroxylation is 1. The number of esters is 1. The Bertz CT molecular complexity index is 545. The van der Waals surface area contributed by atoms with E-state index in [4.69, 9.17) is 4.74 Å². The van der Waals surface area contributed by atoms with E-state index in [0.29, 0.717) is 18.5 Å². The number of phenolic OH excluding ortho intramolecular Hbond substituents is 1. The number of hydrogen-bond acceptors (Lipinski definition) is 4. The summed E-state index contributed by atoms with van der Waals surface area (Å²) in [6.07, 6.45) is 0.909. The Morgan fingerprint density at radius 3 is 2.70 bits per heavy atom. The fraction of sp³-hybridized carbons (Fsp3) is 0.467. The normalized spacial score (nSPS) is 14.9. The van der Waals surface area contributed by atoms with Gasteiger partial charge in [-0.2, -0.15) is 0 Å². The quantitative estimate of drug-likeness (QED) is 0.840. The van der Waals surface area contributed by atoms with Crippen LogP contribution in [-0.4, -0.2) is 29.1 Å². The van der Waals surface area contributed by atoms with Crippen molar-refractivity contribution in [3.05, 3.63) is 23.8 Å². The lowest BCUT2D eigenvalue weighted by Crippen LogP contribution is -2.41. The number of carbonyl (C=O) groups is 2. The van der Waals surface area contributed by atoms with E-state index in [1.54, 1.807) is 32.9 Å². The van der Waals surface area contributed by atoms with Crippen molar-refractivity contribution in [3.8, 4) is 5.75 Å². The first-order valence-electron chi connectivity index (χ1n) is 6.60. The Balaban J connectivity index is 2.20. The van der Waals surface area contributed by atoms with E-state index in [-0.39, 0.29) is 18.2 Å². The minimum Gasteiger partial charge on any atom is -0.508 e. The highest BCUT2D eigenvalue weighted by molar-refractivity contribution is 6.00. The van der Waals surface area contributed by atoms with Gasteiger partial charge in [0.25, 0.3) is 0 Å². The number of fused-ring (bicyclic) bond motifs is 1. The summed E-state index contributed by atoms with van der Waals surface area (Å²) in [5.74, 6) is -0.379. The summed E-state index contributed by atoms with van der Waals surface area (Å²) in [7, 11) is 0. The summed E-state index contributed by atoms with van der Waals surface area (Å²) in [4.78, 5) is 25.3. The molecule has 0 bridgehead atoms.